The lowest BCUT2D eigenvalue weighted by Gasteiger charge is -2.11. The van der Waals surface area contributed by atoms with Crippen molar-refractivity contribution in [1.29, 1.82) is 0 Å². The highest BCUT2D eigenvalue weighted by molar-refractivity contribution is 5.87. The van der Waals surface area contributed by atoms with Gasteiger partial charge in [0.15, 0.2) is 0 Å². The molecule has 1 N–H and O–H groups in total. The van der Waals surface area contributed by atoms with Crippen LogP contribution in [0.25, 0.3) is 11.0 Å². The Balaban J connectivity index is 1.76. The number of benzene rings is 1. The topological polar surface area (TPSA) is 77.8 Å². The van der Waals surface area contributed by atoms with Crippen LogP contribution in [0.15, 0.2) is 33.5 Å². The summed E-state index contributed by atoms with van der Waals surface area (Å²) in [5, 5.41) is 3.59. The summed E-state index contributed by atoms with van der Waals surface area (Å²) in [5.41, 5.74) is 0.579. The second-order valence-corrected chi connectivity index (χ2v) is 5.57. The van der Waals surface area contributed by atoms with E-state index in [2.05, 4.69) is 5.32 Å². The van der Waals surface area contributed by atoms with Crippen LogP contribution in [0.2, 0.25) is 0 Å². The Morgan fingerprint density at radius 2 is 2.26 bits per heavy atom. The third-order valence-corrected chi connectivity index (χ3v) is 3.94. The number of amides is 1. The van der Waals surface area contributed by atoms with Gasteiger partial charge in [0, 0.05) is 30.7 Å². The summed E-state index contributed by atoms with van der Waals surface area (Å²) >= 11 is 0. The number of rotatable bonds is 5. The van der Waals surface area contributed by atoms with Crippen molar-refractivity contribution in [2.24, 2.45) is 0 Å². The van der Waals surface area contributed by atoms with Crippen molar-refractivity contribution in [2.45, 2.75) is 25.4 Å². The highest BCUT2D eigenvalue weighted by atomic mass is 16.5. The molecular weight excluding hydrogens is 298 g/mol. The maximum absolute atomic E-state index is 12.1. The van der Waals surface area contributed by atoms with Crippen LogP contribution < -0.4 is 15.7 Å². The second-order valence-electron chi connectivity index (χ2n) is 5.57. The third kappa shape index (κ3) is 3.71. The maximum Gasteiger partial charge on any atom is 0.336 e. The average molecular weight is 317 g/mol. The minimum absolute atomic E-state index is 0.0980. The van der Waals surface area contributed by atoms with Gasteiger partial charge in [0.2, 0.25) is 5.91 Å². The van der Waals surface area contributed by atoms with Crippen LogP contribution in [-0.4, -0.2) is 32.3 Å². The number of hydrogen-bond donors (Lipinski definition) is 1. The molecule has 1 aromatic carbocycles. The molecular formula is C17H19NO5. The quantitative estimate of drug-likeness (QED) is 0.848. The van der Waals surface area contributed by atoms with E-state index in [-0.39, 0.29) is 18.4 Å². The van der Waals surface area contributed by atoms with Crippen LogP contribution >= 0.6 is 0 Å². The minimum Gasteiger partial charge on any atom is -0.497 e. The number of methoxy groups -OCH3 is 1. The molecule has 1 atom stereocenters. The lowest BCUT2D eigenvalue weighted by atomic mass is 10.1. The van der Waals surface area contributed by atoms with Crippen LogP contribution in [0.5, 0.6) is 5.75 Å². The smallest absolute Gasteiger partial charge is 0.336 e. The molecule has 1 fully saturated rings. The van der Waals surface area contributed by atoms with E-state index in [0.717, 1.165) is 24.8 Å². The Bertz CT molecular complexity index is 761. The van der Waals surface area contributed by atoms with Crippen molar-refractivity contribution in [3.63, 3.8) is 0 Å². The molecule has 3 rings (SSSR count). The molecule has 122 valence electrons. The Morgan fingerprint density at radius 1 is 1.39 bits per heavy atom. The fourth-order valence-electron chi connectivity index (χ4n) is 2.75. The Morgan fingerprint density at radius 3 is 3.00 bits per heavy atom. The number of carbonyl (C=O) groups is 1. The highest BCUT2D eigenvalue weighted by Gasteiger charge is 2.17. The van der Waals surface area contributed by atoms with Crippen molar-refractivity contribution >= 4 is 16.9 Å². The Hall–Kier alpha value is -2.34. The Labute approximate surface area is 133 Å². The van der Waals surface area contributed by atoms with E-state index in [9.17, 15) is 9.59 Å². The molecule has 0 aliphatic carbocycles. The summed E-state index contributed by atoms with van der Waals surface area (Å²) in [7, 11) is 1.54. The van der Waals surface area contributed by atoms with Gasteiger partial charge in [-0.25, -0.2) is 4.79 Å². The zero-order chi connectivity index (χ0) is 16.2. The van der Waals surface area contributed by atoms with E-state index in [1.54, 1.807) is 25.3 Å². The van der Waals surface area contributed by atoms with Crippen LogP contribution in [0, 0.1) is 0 Å². The van der Waals surface area contributed by atoms with Gasteiger partial charge in [-0.05, 0) is 30.5 Å². The molecule has 1 saturated heterocycles. The Kier molecular flexibility index (Phi) is 4.62. The normalized spacial score (nSPS) is 17.3. The van der Waals surface area contributed by atoms with Gasteiger partial charge in [-0.3, -0.25) is 4.79 Å². The molecule has 6 nitrogen and oxygen atoms in total. The lowest BCUT2D eigenvalue weighted by molar-refractivity contribution is -0.120. The van der Waals surface area contributed by atoms with Crippen LogP contribution in [-0.2, 0) is 16.0 Å². The van der Waals surface area contributed by atoms with Gasteiger partial charge < -0.3 is 19.2 Å². The first-order valence-electron chi connectivity index (χ1n) is 7.65. The molecule has 1 aromatic heterocycles. The van der Waals surface area contributed by atoms with Gasteiger partial charge >= 0.3 is 5.63 Å². The second kappa shape index (κ2) is 6.83. The van der Waals surface area contributed by atoms with E-state index in [1.165, 1.54) is 6.07 Å². The minimum atomic E-state index is -0.479. The van der Waals surface area contributed by atoms with E-state index in [4.69, 9.17) is 13.9 Å². The van der Waals surface area contributed by atoms with Crippen LogP contribution in [0.3, 0.4) is 0 Å². The number of nitrogens with one attached hydrogen (secondary N) is 1. The summed E-state index contributed by atoms with van der Waals surface area (Å²) in [6.07, 6.45) is 2.23. The molecule has 1 aliphatic heterocycles. The molecule has 0 saturated carbocycles. The van der Waals surface area contributed by atoms with E-state index >= 15 is 0 Å². The summed E-state index contributed by atoms with van der Waals surface area (Å²) in [4.78, 5) is 23.8. The fraction of sp³-hybridized carbons (Fsp3) is 0.412. The maximum atomic E-state index is 12.1. The molecule has 0 unspecified atom stereocenters. The molecule has 0 bridgehead atoms. The van der Waals surface area contributed by atoms with Crippen molar-refractivity contribution < 1.29 is 18.7 Å². The predicted molar refractivity (Wildman–Crippen MR) is 84.7 cm³/mol. The zero-order valence-electron chi connectivity index (χ0n) is 13.0. The monoisotopic (exact) mass is 317 g/mol. The van der Waals surface area contributed by atoms with Gasteiger partial charge in [0.1, 0.15) is 11.3 Å². The molecule has 1 aliphatic rings. The first-order chi connectivity index (χ1) is 11.2. The average Bonchev–Trinajstić information content (AvgIpc) is 3.05. The zero-order valence-corrected chi connectivity index (χ0v) is 13.0. The number of fused-ring (bicyclic) bond motifs is 1. The summed E-state index contributed by atoms with van der Waals surface area (Å²) in [6.45, 7) is 1.26. The fourth-order valence-corrected chi connectivity index (χ4v) is 2.75. The van der Waals surface area contributed by atoms with E-state index in [0.29, 0.717) is 23.4 Å². The SMILES string of the molecule is COc1ccc2c(CC(=O)NC[C@H]3CCCO3)cc(=O)oc2c1. The standard InChI is InChI=1S/C17H19NO5/c1-21-12-4-5-14-11(8-17(20)23-15(14)9-12)7-16(19)18-10-13-3-2-6-22-13/h4-5,8-9,13H,2-3,6-7,10H2,1H3,(H,18,19)/t13-/m1/s1. The number of carbonyl (C=O) groups excluding carboxylic acids is 1. The third-order valence-electron chi connectivity index (χ3n) is 3.94. The molecule has 2 heterocycles. The molecule has 0 radical (unpaired) electrons. The molecule has 2 aromatic rings. The van der Waals surface area contributed by atoms with Gasteiger partial charge in [-0.2, -0.15) is 0 Å². The summed E-state index contributed by atoms with van der Waals surface area (Å²) < 4.78 is 15.8. The first-order valence-corrected chi connectivity index (χ1v) is 7.65. The predicted octanol–water partition coefficient (Wildman–Crippen LogP) is 1.64. The van der Waals surface area contributed by atoms with E-state index in [1.807, 2.05) is 0 Å². The van der Waals surface area contributed by atoms with Crippen LogP contribution in [0.4, 0.5) is 0 Å². The van der Waals surface area contributed by atoms with Crippen molar-refractivity contribution in [2.75, 3.05) is 20.3 Å². The van der Waals surface area contributed by atoms with Gasteiger partial charge in [0.25, 0.3) is 0 Å². The number of ether oxygens (including phenoxy) is 2. The lowest BCUT2D eigenvalue weighted by Crippen LogP contribution is -2.32. The summed E-state index contributed by atoms with van der Waals surface area (Å²) in [6, 6.07) is 6.57. The summed E-state index contributed by atoms with van der Waals surface area (Å²) in [5.74, 6) is 0.462. The molecule has 0 spiro atoms. The van der Waals surface area contributed by atoms with Crippen molar-refractivity contribution in [3.05, 3.63) is 40.2 Å². The highest BCUT2D eigenvalue weighted by Crippen LogP contribution is 2.22. The van der Waals surface area contributed by atoms with Gasteiger partial charge in [-0.1, -0.05) is 0 Å². The van der Waals surface area contributed by atoms with E-state index < -0.39 is 5.63 Å². The molecule has 1 amide bonds. The van der Waals surface area contributed by atoms with Crippen molar-refractivity contribution in [1.82, 2.24) is 5.32 Å². The molecule has 6 heteroatoms. The molecule has 23 heavy (non-hydrogen) atoms. The van der Waals surface area contributed by atoms with Crippen LogP contribution in [0.1, 0.15) is 18.4 Å². The first kappa shape index (κ1) is 15.6. The van der Waals surface area contributed by atoms with Crippen molar-refractivity contribution in [3.8, 4) is 5.75 Å². The largest absolute Gasteiger partial charge is 0.497 e. The van der Waals surface area contributed by atoms with Gasteiger partial charge in [0.05, 0.1) is 19.6 Å². The number of hydrogen-bond acceptors (Lipinski definition) is 5. The van der Waals surface area contributed by atoms with Gasteiger partial charge in [-0.15, -0.1) is 0 Å².